The summed E-state index contributed by atoms with van der Waals surface area (Å²) in [6.45, 7) is 4.48. The maximum atomic E-state index is 11.4. The lowest BCUT2D eigenvalue weighted by Crippen LogP contribution is -2.54. The van der Waals surface area contributed by atoms with E-state index in [0.29, 0.717) is 0 Å². The monoisotopic (exact) mass is 212 g/mol. The highest BCUT2D eigenvalue weighted by molar-refractivity contribution is 5.76. The largest absolute Gasteiger partial charge is 0.468 e. The Balaban J connectivity index is 1.78. The smallest absolute Gasteiger partial charge is 0.323 e. The van der Waals surface area contributed by atoms with Gasteiger partial charge in [0.2, 0.25) is 0 Å². The van der Waals surface area contributed by atoms with Crippen LogP contribution < -0.4 is 0 Å². The van der Waals surface area contributed by atoms with Crippen molar-refractivity contribution in [1.82, 2.24) is 9.80 Å². The summed E-state index contributed by atoms with van der Waals surface area (Å²) >= 11 is 0. The molecule has 0 spiro atoms. The van der Waals surface area contributed by atoms with Crippen molar-refractivity contribution in [2.24, 2.45) is 5.92 Å². The van der Waals surface area contributed by atoms with Crippen LogP contribution in [0.15, 0.2) is 0 Å². The van der Waals surface area contributed by atoms with Gasteiger partial charge in [0.15, 0.2) is 0 Å². The molecular weight excluding hydrogens is 192 g/mol. The fourth-order valence-electron chi connectivity index (χ4n) is 2.57. The molecule has 2 unspecified atom stereocenters. The van der Waals surface area contributed by atoms with E-state index >= 15 is 0 Å². The second kappa shape index (κ2) is 4.49. The van der Waals surface area contributed by atoms with Crippen LogP contribution in [-0.2, 0) is 9.53 Å². The average molecular weight is 212 g/mol. The van der Waals surface area contributed by atoms with Crippen LogP contribution in [0.1, 0.15) is 12.8 Å². The second-order valence-corrected chi connectivity index (χ2v) is 4.74. The molecule has 2 aliphatic rings. The topological polar surface area (TPSA) is 32.8 Å². The van der Waals surface area contributed by atoms with Crippen molar-refractivity contribution in [3.63, 3.8) is 0 Å². The fourth-order valence-corrected chi connectivity index (χ4v) is 2.57. The van der Waals surface area contributed by atoms with E-state index in [-0.39, 0.29) is 12.0 Å². The van der Waals surface area contributed by atoms with Crippen LogP contribution in [0.25, 0.3) is 0 Å². The molecule has 0 aliphatic carbocycles. The Morgan fingerprint density at radius 1 is 1.40 bits per heavy atom. The molecule has 2 saturated heterocycles. The van der Waals surface area contributed by atoms with Crippen molar-refractivity contribution >= 4 is 5.97 Å². The maximum Gasteiger partial charge on any atom is 0.323 e. The van der Waals surface area contributed by atoms with Crippen LogP contribution in [0.4, 0.5) is 0 Å². The zero-order valence-corrected chi connectivity index (χ0v) is 9.61. The number of likely N-dealkylation sites (tertiary alicyclic amines) is 2. The minimum Gasteiger partial charge on any atom is -0.468 e. The van der Waals surface area contributed by atoms with E-state index in [1.54, 1.807) is 0 Å². The summed E-state index contributed by atoms with van der Waals surface area (Å²) in [4.78, 5) is 16.0. The Kier molecular flexibility index (Phi) is 3.26. The van der Waals surface area contributed by atoms with Gasteiger partial charge in [0.1, 0.15) is 6.04 Å². The Morgan fingerprint density at radius 2 is 2.20 bits per heavy atom. The Bertz CT molecular complexity index is 245. The lowest BCUT2D eigenvalue weighted by atomic mass is 9.99. The highest BCUT2D eigenvalue weighted by atomic mass is 16.5. The number of hydrogen-bond acceptors (Lipinski definition) is 4. The van der Waals surface area contributed by atoms with E-state index in [1.165, 1.54) is 26.6 Å². The van der Waals surface area contributed by atoms with Gasteiger partial charge < -0.3 is 9.64 Å². The summed E-state index contributed by atoms with van der Waals surface area (Å²) in [6, 6.07) is 0.0425. The van der Waals surface area contributed by atoms with E-state index in [4.69, 9.17) is 4.74 Å². The van der Waals surface area contributed by atoms with Crippen molar-refractivity contribution in [2.75, 3.05) is 40.3 Å². The minimum atomic E-state index is -0.0624. The summed E-state index contributed by atoms with van der Waals surface area (Å²) in [5, 5.41) is 0. The van der Waals surface area contributed by atoms with Crippen LogP contribution in [0, 0.1) is 5.92 Å². The third-order valence-corrected chi connectivity index (χ3v) is 3.59. The van der Waals surface area contributed by atoms with Gasteiger partial charge in [-0.2, -0.15) is 0 Å². The first-order valence-electron chi connectivity index (χ1n) is 5.71. The van der Waals surface area contributed by atoms with E-state index in [2.05, 4.69) is 16.8 Å². The molecular formula is C11H20N2O2. The number of nitrogens with zero attached hydrogens (tertiary/aromatic N) is 2. The Labute approximate surface area is 91.2 Å². The van der Waals surface area contributed by atoms with Crippen molar-refractivity contribution in [1.29, 1.82) is 0 Å². The Hall–Kier alpha value is -0.610. The first-order valence-corrected chi connectivity index (χ1v) is 5.71. The molecule has 0 amide bonds. The van der Waals surface area contributed by atoms with Crippen LogP contribution >= 0.6 is 0 Å². The van der Waals surface area contributed by atoms with E-state index in [0.717, 1.165) is 25.4 Å². The molecule has 0 N–H and O–H groups in total. The lowest BCUT2D eigenvalue weighted by Gasteiger charge is -2.40. The van der Waals surface area contributed by atoms with Gasteiger partial charge in [0.25, 0.3) is 0 Å². The number of methoxy groups -OCH3 is 1. The molecule has 0 radical (unpaired) electrons. The van der Waals surface area contributed by atoms with Crippen LogP contribution in [-0.4, -0.2) is 62.1 Å². The van der Waals surface area contributed by atoms with Gasteiger partial charge in [-0.3, -0.25) is 9.69 Å². The highest BCUT2D eigenvalue weighted by Crippen LogP contribution is 2.23. The molecule has 2 rings (SSSR count). The first-order chi connectivity index (χ1) is 7.20. The maximum absolute atomic E-state index is 11.4. The van der Waals surface area contributed by atoms with Gasteiger partial charge in [0.05, 0.1) is 7.11 Å². The standard InChI is InChI=1S/C11H20N2O2/c1-12-5-3-9(7-12)8-13-6-4-10(13)11(14)15-2/h9-10H,3-8H2,1-2H3. The SMILES string of the molecule is COC(=O)C1CCN1CC1CCN(C)C1. The van der Waals surface area contributed by atoms with Crippen molar-refractivity contribution in [3.8, 4) is 0 Å². The molecule has 4 heteroatoms. The molecule has 86 valence electrons. The molecule has 2 aliphatic heterocycles. The molecule has 0 bridgehead atoms. The predicted octanol–water partition coefficient (Wildman–Crippen LogP) is 0.185. The van der Waals surface area contributed by atoms with Crippen molar-refractivity contribution < 1.29 is 9.53 Å². The number of carbonyl (C=O) groups excluding carboxylic acids is 1. The summed E-state index contributed by atoms with van der Waals surface area (Å²) in [5.41, 5.74) is 0. The third-order valence-electron chi connectivity index (χ3n) is 3.59. The summed E-state index contributed by atoms with van der Waals surface area (Å²) in [7, 11) is 3.63. The lowest BCUT2D eigenvalue weighted by molar-refractivity contribution is -0.152. The third kappa shape index (κ3) is 2.32. The van der Waals surface area contributed by atoms with Crippen molar-refractivity contribution in [2.45, 2.75) is 18.9 Å². The molecule has 2 fully saturated rings. The zero-order valence-electron chi connectivity index (χ0n) is 9.61. The van der Waals surface area contributed by atoms with Crippen LogP contribution in [0.5, 0.6) is 0 Å². The average Bonchev–Trinajstić information content (AvgIpc) is 2.58. The van der Waals surface area contributed by atoms with Gasteiger partial charge in [-0.1, -0.05) is 0 Å². The van der Waals surface area contributed by atoms with E-state index in [9.17, 15) is 4.79 Å². The van der Waals surface area contributed by atoms with Gasteiger partial charge in [0, 0.05) is 19.6 Å². The van der Waals surface area contributed by atoms with E-state index in [1.807, 2.05) is 0 Å². The molecule has 0 saturated carbocycles. The predicted molar refractivity (Wildman–Crippen MR) is 57.6 cm³/mol. The number of rotatable bonds is 3. The summed E-state index contributed by atoms with van der Waals surface area (Å²) in [5.74, 6) is 0.676. The highest BCUT2D eigenvalue weighted by Gasteiger charge is 2.36. The number of carbonyl (C=O) groups is 1. The zero-order chi connectivity index (χ0) is 10.8. The fraction of sp³-hybridized carbons (Fsp3) is 0.909. The van der Waals surface area contributed by atoms with Gasteiger partial charge in [-0.15, -0.1) is 0 Å². The number of hydrogen-bond donors (Lipinski definition) is 0. The summed E-state index contributed by atoms with van der Waals surface area (Å²) < 4.78 is 4.78. The first kappa shape index (κ1) is 10.9. The number of ether oxygens (including phenoxy) is 1. The molecule has 15 heavy (non-hydrogen) atoms. The quantitative estimate of drug-likeness (QED) is 0.625. The van der Waals surface area contributed by atoms with Crippen LogP contribution in [0.3, 0.4) is 0 Å². The Morgan fingerprint density at radius 3 is 2.67 bits per heavy atom. The minimum absolute atomic E-state index is 0.0425. The van der Waals surface area contributed by atoms with Gasteiger partial charge in [-0.25, -0.2) is 0 Å². The molecule has 2 heterocycles. The van der Waals surface area contributed by atoms with Crippen molar-refractivity contribution in [3.05, 3.63) is 0 Å². The van der Waals surface area contributed by atoms with E-state index < -0.39 is 0 Å². The molecule has 4 nitrogen and oxygen atoms in total. The second-order valence-electron chi connectivity index (χ2n) is 4.74. The summed E-state index contributed by atoms with van der Waals surface area (Å²) in [6.07, 6.45) is 2.23. The van der Waals surface area contributed by atoms with Gasteiger partial charge >= 0.3 is 5.97 Å². The molecule has 0 aromatic heterocycles. The molecule has 2 atom stereocenters. The van der Waals surface area contributed by atoms with Gasteiger partial charge in [-0.05, 0) is 32.4 Å². The molecule has 0 aromatic rings. The molecule has 0 aromatic carbocycles. The van der Waals surface area contributed by atoms with Crippen LogP contribution in [0.2, 0.25) is 0 Å². The number of esters is 1. The normalized spacial score (nSPS) is 32.7.